The van der Waals surface area contributed by atoms with E-state index in [2.05, 4.69) is 15.3 Å². The van der Waals surface area contributed by atoms with Gasteiger partial charge in [-0.05, 0) is 86.8 Å². The molecule has 10 rings (SSSR count). The lowest BCUT2D eigenvalue weighted by atomic mass is 9.54. The zero-order valence-electron chi connectivity index (χ0n) is 28.4. The molecule has 1 spiro atoms. The van der Waals surface area contributed by atoms with E-state index >= 15 is 4.39 Å². The van der Waals surface area contributed by atoms with E-state index in [-0.39, 0.29) is 70.6 Å². The Morgan fingerprint density at radius 3 is 2.71 bits per heavy atom. The Morgan fingerprint density at radius 2 is 1.96 bits per heavy atom. The SMILES string of the molecule is Cc1ncnc(C(=O)N2CC[C@]3(c4c(n(CC(=O)Nc5ccc(C6CC6)c(F)c5F)c5nc(C6=CCOCC6)nn5c4=O)[C@H]4C[C@H]43)[C@@H]3CC[C@@H]32)c1O. The number of anilines is 1. The van der Waals surface area contributed by atoms with Gasteiger partial charge in [0, 0.05) is 35.2 Å². The van der Waals surface area contributed by atoms with Gasteiger partial charge in [0.15, 0.2) is 28.9 Å². The first-order valence-corrected chi connectivity index (χ1v) is 18.1. The lowest BCUT2D eigenvalue weighted by Crippen LogP contribution is -2.64. The number of benzene rings is 1. The zero-order chi connectivity index (χ0) is 35.6. The van der Waals surface area contributed by atoms with Crippen LogP contribution in [0.4, 0.5) is 14.5 Å². The number of likely N-dealkylation sites (tertiary alicyclic amines) is 1. The highest BCUT2D eigenvalue weighted by molar-refractivity contribution is 5.95. The van der Waals surface area contributed by atoms with Gasteiger partial charge in [-0.25, -0.2) is 18.7 Å². The van der Waals surface area contributed by atoms with Crippen LogP contribution in [0.25, 0.3) is 11.4 Å². The Bertz CT molecular complexity index is 2330. The number of rotatable bonds is 6. The summed E-state index contributed by atoms with van der Waals surface area (Å²) in [6, 6.07) is 2.78. The van der Waals surface area contributed by atoms with Crippen LogP contribution < -0.4 is 10.9 Å². The maximum absolute atomic E-state index is 15.2. The highest BCUT2D eigenvalue weighted by Gasteiger charge is 2.70. The van der Waals surface area contributed by atoms with Crippen LogP contribution >= 0.6 is 0 Å². The van der Waals surface area contributed by atoms with E-state index in [1.807, 2.05) is 6.08 Å². The van der Waals surface area contributed by atoms with Gasteiger partial charge in [0.1, 0.15) is 12.9 Å². The van der Waals surface area contributed by atoms with Crippen molar-refractivity contribution in [3.63, 3.8) is 0 Å². The van der Waals surface area contributed by atoms with Crippen molar-refractivity contribution in [2.24, 2.45) is 11.8 Å². The fourth-order valence-corrected chi connectivity index (χ4v) is 9.77. The fraction of sp³-hybridized carbons (Fsp3) is 0.486. The number of ether oxygens (including phenoxy) is 1. The van der Waals surface area contributed by atoms with Crippen LogP contribution in [-0.2, 0) is 21.5 Å². The topological polar surface area (TPSA) is 157 Å². The van der Waals surface area contributed by atoms with Crippen LogP contribution in [0, 0.1) is 30.4 Å². The summed E-state index contributed by atoms with van der Waals surface area (Å²) in [5.41, 5.74) is 1.73. The molecule has 2 N–H and O–H groups in total. The van der Waals surface area contributed by atoms with Gasteiger partial charge in [-0.1, -0.05) is 12.1 Å². The quantitative estimate of drug-likeness (QED) is 0.302. The maximum Gasteiger partial charge on any atom is 0.279 e. The Labute approximate surface area is 295 Å². The van der Waals surface area contributed by atoms with Crippen molar-refractivity contribution in [2.45, 2.75) is 81.7 Å². The molecule has 2 amide bonds. The Balaban J connectivity index is 1.05. The lowest BCUT2D eigenvalue weighted by molar-refractivity contribution is -0.116. The summed E-state index contributed by atoms with van der Waals surface area (Å²) in [4.78, 5) is 57.0. The first-order chi connectivity index (χ1) is 25.2. The van der Waals surface area contributed by atoms with Gasteiger partial charge in [0.2, 0.25) is 11.7 Å². The van der Waals surface area contributed by atoms with Crippen molar-refractivity contribution < 1.29 is 28.2 Å². The second kappa shape index (κ2) is 11.2. The van der Waals surface area contributed by atoms with Gasteiger partial charge in [-0.3, -0.25) is 14.4 Å². The van der Waals surface area contributed by atoms with E-state index in [0.717, 1.165) is 43.4 Å². The molecular formula is C37H36F2N8O5. The fourth-order valence-electron chi connectivity index (χ4n) is 9.77. The number of nitrogens with zero attached hydrogens (tertiary/aromatic N) is 7. The summed E-state index contributed by atoms with van der Waals surface area (Å²) >= 11 is 0. The molecule has 4 aromatic rings. The molecule has 2 aliphatic heterocycles. The number of aromatic hydroxyl groups is 1. The second-order valence-electron chi connectivity index (χ2n) is 15.2. The van der Waals surface area contributed by atoms with E-state index in [9.17, 15) is 23.9 Å². The van der Waals surface area contributed by atoms with Crippen molar-refractivity contribution >= 4 is 28.9 Å². The van der Waals surface area contributed by atoms with Crippen molar-refractivity contribution in [1.29, 1.82) is 0 Å². The van der Waals surface area contributed by atoms with Crippen LogP contribution in [0.3, 0.4) is 0 Å². The predicted octanol–water partition coefficient (Wildman–Crippen LogP) is 3.97. The van der Waals surface area contributed by atoms with E-state index in [0.29, 0.717) is 55.2 Å². The molecule has 0 radical (unpaired) electrons. The average molecular weight is 711 g/mol. The van der Waals surface area contributed by atoms with Crippen molar-refractivity contribution in [3.05, 3.63) is 80.6 Å². The zero-order valence-corrected chi connectivity index (χ0v) is 28.4. The number of hydrogen-bond acceptors (Lipinski definition) is 9. The molecule has 4 aliphatic carbocycles. The first-order valence-electron chi connectivity index (χ1n) is 18.1. The smallest absolute Gasteiger partial charge is 0.279 e. The first kappa shape index (κ1) is 31.7. The number of hydrogen-bond donors (Lipinski definition) is 2. The molecule has 15 heteroatoms. The summed E-state index contributed by atoms with van der Waals surface area (Å²) < 4.78 is 38.7. The largest absolute Gasteiger partial charge is 0.504 e. The van der Waals surface area contributed by atoms with Gasteiger partial charge in [0.05, 0.1) is 24.6 Å². The highest BCUT2D eigenvalue weighted by atomic mass is 19.2. The molecule has 5 atom stereocenters. The van der Waals surface area contributed by atoms with E-state index in [4.69, 9.17) is 14.8 Å². The molecule has 4 fully saturated rings. The molecule has 52 heavy (non-hydrogen) atoms. The summed E-state index contributed by atoms with van der Waals surface area (Å²) in [6.07, 6.45) is 8.24. The standard InChI is InChI=1S/C37H36F2N8O5/c1-17-32(49)30(41-16-40-17)35(51)45-11-10-37(22-5-7-25(22)45)23-14-21(23)31-27(37)34(50)47-36(43-33(44-47)19-8-12-52-13-9-19)46(31)15-26(48)42-24-6-4-20(18-2-3-18)28(38)29(24)39/h4,6,8,16,18,21-23,25,49H,2-3,5,7,9-15H2,1H3,(H,42,48)/t21-,22+,23+,25-,37-/m0/s1. The third kappa shape index (κ3) is 4.43. The number of aromatic nitrogens is 6. The summed E-state index contributed by atoms with van der Waals surface area (Å²) in [6.45, 7) is 2.58. The molecule has 3 aromatic heterocycles. The van der Waals surface area contributed by atoms with Crippen LogP contribution in [0.1, 0.15) is 95.6 Å². The maximum atomic E-state index is 15.2. The Hall–Kier alpha value is -5.05. The number of fused-ring (bicyclic) bond motifs is 8. The third-order valence-electron chi connectivity index (χ3n) is 12.5. The van der Waals surface area contributed by atoms with Crippen molar-refractivity contribution in [2.75, 3.05) is 25.1 Å². The van der Waals surface area contributed by atoms with Crippen molar-refractivity contribution in [1.82, 2.24) is 34.0 Å². The van der Waals surface area contributed by atoms with Gasteiger partial charge in [-0.15, -0.1) is 5.10 Å². The van der Waals surface area contributed by atoms with Gasteiger partial charge in [-0.2, -0.15) is 9.50 Å². The molecule has 0 bridgehead atoms. The molecule has 1 saturated heterocycles. The van der Waals surface area contributed by atoms with Crippen LogP contribution in [0.5, 0.6) is 5.75 Å². The molecule has 3 saturated carbocycles. The lowest BCUT2D eigenvalue weighted by Gasteiger charge is -2.58. The summed E-state index contributed by atoms with van der Waals surface area (Å²) in [5.74, 6) is -2.50. The predicted molar refractivity (Wildman–Crippen MR) is 181 cm³/mol. The minimum atomic E-state index is -1.09. The second-order valence-corrected chi connectivity index (χ2v) is 15.2. The molecule has 6 aliphatic rings. The number of carbonyl (C=O) groups excluding carboxylic acids is 2. The average Bonchev–Trinajstić information content (AvgIpc) is 4.06. The van der Waals surface area contributed by atoms with Crippen LogP contribution in [0.15, 0.2) is 29.3 Å². The molecule has 1 aromatic carbocycles. The van der Waals surface area contributed by atoms with Crippen LogP contribution in [0.2, 0.25) is 0 Å². The van der Waals surface area contributed by atoms with E-state index < -0.39 is 23.0 Å². The van der Waals surface area contributed by atoms with Crippen molar-refractivity contribution in [3.8, 4) is 5.75 Å². The monoisotopic (exact) mass is 710 g/mol. The Morgan fingerprint density at radius 1 is 1.12 bits per heavy atom. The van der Waals surface area contributed by atoms with E-state index in [1.165, 1.54) is 23.0 Å². The number of carbonyl (C=O) groups is 2. The summed E-state index contributed by atoms with van der Waals surface area (Å²) in [5, 5.41) is 17.9. The van der Waals surface area contributed by atoms with E-state index in [1.54, 1.807) is 16.4 Å². The van der Waals surface area contributed by atoms with Gasteiger partial charge in [0.25, 0.3) is 11.5 Å². The molecular weight excluding hydrogens is 674 g/mol. The van der Waals surface area contributed by atoms with Gasteiger partial charge >= 0.3 is 0 Å². The minimum Gasteiger partial charge on any atom is -0.504 e. The van der Waals surface area contributed by atoms with Gasteiger partial charge < -0.3 is 24.6 Å². The number of halogens is 2. The normalized spacial score (nSPS) is 27.1. The minimum absolute atomic E-state index is 0.00646. The Kier molecular flexibility index (Phi) is 6.84. The molecule has 268 valence electrons. The number of aryl methyl sites for hydroxylation is 1. The number of nitrogens with one attached hydrogen (secondary N) is 1. The summed E-state index contributed by atoms with van der Waals surface area (Å²) in [7, 11) is 0. The highest BCUT2D eigenvalue weighted by Crippen LogP contribution is 2.72. The number of piperidine rings is 1. The molecule has 13 nitrogen and oxygen atoms in total. The van der Waals surface area contributed by atoms with Crippen LogP contribution in [-0.4, -0.2) is 76.8 Å². The number of amides is 2. The molecule has 5 heterocycles. The third-order valence-corrected chi connectivity index (χ3v) is 12.5. The molecule has 0 unspecified atom stereocenters.